The first-order valence-electron chi connectivity index (χ1n) is 9.66. The van der Waals surface area contributed by atoms with Crippen LogP contribution >= 0.6 is 0 Å². The Hall–Kier alpha value is -2.74. The van der Waals surface area contributed by atoms with E-state index < -0.39 is 9.84 Å². The van der Waals surface area contributed by atoms with Crippen LogP contribution in [0.1, 0.15) is 0 Å². The summed E-state index contributed by atoms with van der Waals surface area (Å²) in [7, 11) is 0.0936. The largest absolute Gasteiger partial charge is 0.497 e. The molecular formula is C21H28N4O3S. The molecule has 0 unspecified atom stereocenters. The number of benzene rings is 2. The van der Waals surface area contributed by atoms with Gasteiger partial charge in [0.05, 0.1) is 17.8 Å². The molecule has 1 saturated heterocycles. The number of nitrogens with zero attached hydrogens (tertiary/aromatic N) is 3. The lowest BCUT2D eigenvalue weighted by Gasteiger charge is -2.37. The maximum absolute atomic E-state index is 12.4. The third kappa shape index (κ3) is 5.41. The van der Waals surface area contributed by atoms with E-state index in [0.29, 0.717) is 11.4 Å². The van der Waals surface area contributed by atoms with Crippen molar-refractivity contribution < 1.29 is 13.2 Å². The molecule has 156 valence electrons. The van der Waals surface area contributed by atoms with Gasteiger partial charge in [0.25, 0.3) is 0 Å². The van der Waals surface area contributed by atoms with Gasteiger partial charge in [-0.1, -0.05) is 24.3 Å². The minimum absolute atomic E-state index is 0.0276. The second-order valence-electron chi connectivity index (χ2n) is 6.78. The van der Waals surface area contributed by atoms with Crippen molar-refractivity contribution in [3.05, 3.63) is 54.6 Å². The molecule has 1 fully saturated rings. The van der Waals surface area contributed by atoms with Crippen molar-refractivity contribution >= 4 is 21.5 Å². The van der Waals surface area contributed by atoms with Gasteiger partial charge >= 0.3 is 0 Å². The molecule has 0 aromatic heterocycles. The van der Waals surface area contributed by atoms with Crippen LogP contribution in [0.4, 0.5) is 5.69 Å². The van der Waals surface area contributed by atoms with Crippen molar-refractivity contribution in [1.29, 1.82) is 0 Å². The van der Waals surface area contributed by atoms with Crippen LogP contribution in [0.5, 0.6) is 5.75 Å². The minimum atomic E-state index is -3.30. The van der Waals surface area contributed by atoms with Gasteiger partial charge in [0.15, 0.2) is 15.8 Å². The second-order valence-corrected chi connectivity index (χ2v) is 8.89. The van der Waals surface area contributed by atoms with Crippen molar-refractivity contribution in [2.45, 2.75) is 4.90 Å². The third-order valence-electron chi connectivity index (χ3n) is 4.97. The van der Waals surface area contributed by atoms with Crippen LogP contribution in [0.3, 0.4) is 0 Å². The highest BCUT2D eigenvalue weighted by Crippen LogP contribution is 2.22. The predicted octanol–water partition coefficient (Wildman–Crippen LogP) is 1.87. The molecular weight excluding hydrogens is 388 g/mol. The fourth-order valence-electron chi connectivity index (χ4n) is 3.36. The number of ether oxygens (including phenoxy) is 1. The first-order chi connectivity index (χ1) is 14.0. The highest BCUT2D eigenvalue weighted by atomic mass is 32.2. The summed E-state index contributed by atoms with van der Waals surface area (Å²) in [6.07, 6.45) is 0. The zero-order valence-corrected chi connectivity index (χ0v) is 17.7. The standard InChI is InChI=1S/C21H28N4O3S/c1-22-21(23-11-16-29(26,27)20-9-4-3-5-10-20)25-14-12-24(13-15-25)18-7-6-8-19(17-18)28-2/h3-10,17H,11-16H2,1-2H3,(H,22,23). The van der Waals surface area contributed by atoms with Crippen molar-refractivity contribution in [2.75, 3.05) is 57.5 Å². The monoisotopic (exact) mass is 416 g/mol. The van der Waals surface area contributed by atoms with E-state index in [1.54, 1.807) is 38.4 Å². The number of sulfone groups is 1. The fraction of sp³-hybridized carbons (Fsp3) is 0.381. The quantitative estimate of drug-likeness (QED) is 0.572. The van der Waals surface area contributed by atoms with Gasteiger partial charge in [-0.2, -0.15) is 0 Å². The Morgan fingerprint density at radius 1 is 1.07 bits per heavy atom. The van der Waals surface area contributed by atoms with Gasteiger partial charge in [-0.05, 0) is 24.3 Å². The van der Waals surface area contributed by atoms with Crippen LogP contribution < -0.4 is 15.0 Å². The van der Waals surface area contributed by atoms with Crippen LogP contribution in [0.15, 0.2) is 64.5 Å². The van der Waals surface area contributed by atoms with Crippen LogP contribution in [0.25, 0.3) is 0 Å². The zero-order valence-electron chi connectivity index (χ0n) is 16.9. The number of aliphatic imine (C=N–C) groups is 1. The van der Waals surface area contributed by atoms with Crippen molar-refractivity contribution in [3.8, 4) is 5.75 Å². The number of nitrogens with one attached hydrogen (secondary N) is 1. The Balaban J connectivity index is 1.51. The second kappa shape index (κ2) is 9.65. The predicted molar refractivity (Wildman–Crippen MR) is 117 cm³/mol. The zero-order chi connectivity index (χ0) is 20.7. The smallest absolute Gasteiger partial charge is 0.193 e. The van der Waals surface area contributed by atoms with Crippen LogP contribution in [-0.4, -0.2) is 71.9 Å². The van der Waals surface area contributed by atoms with Crippen LogP contribution in [0, 0.1) is 0 Å². The summed E-state index contributed by atoms with van der Waals surface area (Å²) >= 11 is 0. The van der Waals surface area contributed by atoms with Crippen molar-refractivity contribution in [1.82, 2.24) is 10.2 Å². The molecule has 0 spiro atoms. The summed E-state index contributed by atoms with van der Waals surface area (Å²) in [6.45, 7) is 3.65. The molecule has 0 radical (unpaired) electrons. The number of hydrogen-bond donors (Lipinski definition) is 1. The topological polar surface area (TPSA) is 74.2 Å². The van der Waals surface area contributed by atoms with Gasteiger partial charge < -0.3 is 19.9 Å². The summed E-state index contributed by atoms with van der Waals surface area (Å²) < 4.78 is 30.2. The van der Waals surface area contributed by atoms with Crippen LogP contribution in [-0.2, 0) is 9.84 Å². The highest BCUT2D eigenvalue weighted by Gasteiger charge is 2.21. The fourth-order valence-corrected chi connectivity index (χ4v) is 4.54. The number of guanidine groups is 1. The van der Waals surface area contributed by atoms with Gasteiger partial charge in [0, 0.05) is 51.5 Å². The number of hydrogen-bond acceptors (Lipinski definition) is 5. The lowest BCUT2D eigenvalue weighted by atomic mass is 10.2. The summed E-state index contributed by atoms with van der Waals surface area (Å²) in [5.41, 5.74) is 1.14. The van der Waals surface area contributed by atoms with E-state index >= 15 is 0 Å². The molecule has 1 aliphatic rings. The lowest BCUT2D eigenvalue weighted by Crippen LogP contribution is -2.53. The maximum atomic E-state index is 12.4. The molecule has 0 atom stereocenters. The van der Waals surface area contributed by atoms with E-state index in [1.165, 1.54) is 0 Å². The molecule has 7 nitrogen and oxygen atoms in total. The number of anilines is 1. The molecule has 1 aliphatic heterocycles. The van der Waals surface area contributed by atoms with E-state index in [9.17, 15) is 8.42 Å². The van der Waals surface area contributed by atoms with Gasteiger partial charge in [-0.15, -0.1) is 0 Å². The van der Waals surface area contributed by atoms with Crippen molar-refractivity contribution in [3.63, 3.8) is 0 Å². The van der Waals surface area contributed by atoms with Gasteiger partial charge in [0.2, 0.25) is 0 Å². The average molecular weight is 417 g/mol. The Morgan fingerprint density at radius 2 is 1.79 bits per heavy atom. The van der Waals surface area contributed by atoms with Crippen LogP contribution in [0.2, 0.25) is 0 Å². The molecule has 29 heavy (non-hydrogen) atoms. The molecule has 0 saturated carbocycles. The molecule has 0 bridgehead atoms. The Bertz CT molecular complexity index is 924. The average Bonchev–Trinajstić information content (AvgIpc) is 2.77. The molecule has 0 amide bonds. The third-order valence-corrected chi connectivity index (χ3v) is 6.70. The van der Waals surface area contributed by atoms with E-state index in [-0.39, 0.29) is 5.75 Å². The van der Waals surface area contributed by atoms with E-state index in [4.69, 9.17) is 4.74 Å². The Morgan fingerprint density at radius 3 is 2.45 bits per heavy atom. The molecule has 1 heterocycles. The Kier molecular flexibility index (Phi) is 6.98. The molecule has 2 aromatic rings. The first-order valence-corrected chi connectivity index (χ1v) is 11.3. The van der Waals surface area contributed by atoms with E-state index in [0.717, 1.165) is 43.6 Å². The summed E-state index contributed by atoms with van der Waals surface area (Å²) in [4.78, 5) is 9.15. The number of rotatable bonds is 6. The molecule has 1 N–H and O–H groups in total. The van der Waals surface area contributed by atoms with Gasteiger partial charge in [0.1, 0.15) is 5.75 Å². The SMILES string of the molecule is CN=C(NCCS(=O)(=O)c1ccccc1)N1CCN(c2cccc(OC)c2)CC1. The van der Waals surface area contributed by atoms with E-state index in [1.807, 2.05) is 24.3 Å². The van der Waals surface area contributed by atoms with E-state index in [2.05, 4.69) is 26.2 Å². The summed E-state index contributed by atoms with van der Waals surface area (Å²) in [6, 6.07) is 16.6. The molecule has 2 aromatic carbocycles. The maximum Gasteiger partial charge on any atom is 0.193 e. The van der Waals surface area contributed by atoms with Gasteiger partial charge in [-0.3, -0.25) is 4.99 Å². The number of methoxy groups -OCH3 is 1. The molecule has 3 rings (SSSR count). The first kappa shape index (κ1) is 21.0. The Labute approximate surface area is 172 Å². The molecule has 0 aliphatic carbocycles. The highest BCUT2D eigenvalue weighted by molar-refractivity contribution is 7.91. The summed E-state index contributed by atoms with van der Waals surface area (Å²) in [5.74, 6) is 1.61. The molecule has 8 heteroatoms. The van der Waals surface area contributed by atoms with Gasteiger partial charge in [-0.25, -0.2) is 8.42 Å². The summed E-state index contributed by atoms with van der Waals surface area (Å²) in [5, 5.41) is 3.20. The number of piperazine rings is 1. The minimum Gasteiger partial charge on any atom is -0.497 e. The normalized spacial score (nSPS) is 15.3. The van der Waals surface area contributed by atoms with Crippen molar-refractivity contribution in [2.24, 2.45) is 4.99 Å². The lowest BCUT2D eigenvalue weighted by molar-refractivity contribution is 0.373.